The Hall–Kier alpha value is -1.46. The van der Waals surface area contributed by atoms with Crippen LogP contribution in [0.3, 0.4) is 0 Å². The molecule has 3 aromatic heterocycles. The molecule has 0 fully saturated rings. The van der Waals surface area contributed by atoms with E-state index in [4.69, 9.17) is 4.74 Å². The Balaban J connectivity index is 1.58. The number of unbranched alkanes of at least 4 members (excludes halogenated alkanes) is 5. The van der Waals surface area contributed by atoms with E-state index in [1.807, 2.05) is 12.4 Å². The van der Waals surface area contributed by atoms with Crippen LogP contribution in [-0.4, -0.2) is 16.6 Å². The summed E-state index contributed by atoms with van der Waals surface area (Å²) in [5, 5.41) is 1.03. The van der Waals surface area contributed by atoms with Crippen molar-refractivity contribution in [3.8, 4) is 15.8 Å². The molecular formula is C21H28N2OS2. The van der Waals surface area contributed by atoms with Crippen molar-refractivity contribution in [3.63, 3.8) is 0 Å². The van der Waals surface area contributed by atoms with E-state index < -0.39 is 0 Å². The summed E-state index contributed by atoms with van der Waals surface area (Å²) in [5.41, 5.74) is 1.24. The second-order valence-corrected chi connectivity index (χ2v) is 8.82. The third-order valence-electron chi connectivity index (χ3n) is 4.42. The maximum absolute atomic E-state index is 5.90. The molecule has 26 heavy (non-hydrogen) atoms. The molecule has 0 aromatic carbocycles. The normalized spacial score (nSPS) is 11.3. The molecular weight excluding hydrogens is 360 g/mol. The summed E-state index contributed by atoms with van der Waals surface area (Å²) in [5.74, 6) is 0.833. The molecule has 0 atom stereocenters. The van der Waals surface area contributed by atoms with Crippen molar-refractivity contribution in [3.05, 3.63) is 30.1 Å². The summed E-state index contributed by atoms with van der Waals surface area (Å²) >= 11 is 3.48. The molecule has 0 bridgehead atoms. The number of thiophene rings is 2. The first-order valence-corrected chi connectivity index (χ1v) is 11.4. The fourth-order valence-corrected chi connectivity index (χ4v) is 5.09. The number of hydrogen-bond donors (Lipinski definition) is 0. The molecule has 0 amide bonds. The first-order chi connectivity index (χ1) is 12.8. The number of nitrogens with zero attached hydrogens (tertiary/aromatic N) is 2. The molecule has 3 rings (SSSR count). The third kappa shape index (κ3) is 5.27. The van der Waals surface area contributed by atoms with E-state index in [9.17, 15) is 0 Å². The number of rotatable bonds is 11. The second kappa shape index (κ2) is 10.0. The van der Waals surface area contributed by atoms with Crippen LogP contribution in [0, 0.1) is 0 Å². The Morgan fingerprint density at radius 1 is 0.846 bits per heavy atom. The molecule has 3 heterocycles. The largest absolute Gasteiger partial charge is 0.484 e. The predicted molar refractivity (Wildman–Crippen MR) is 114 cm³/mol. The number of hydrogen-bond acceptors (Lipinski definition) is 5. The van der Waals surface area contributed by atoms with Crippen molar-refractivity contribution in [1.82, 2.24) is 9.97 Å². The average Bonchev–Trinajstić information content (AvgIpc) is 3.21. The topological polar surface area (TPSA) is 35.0 Å². The number of fused-ring (bicyclic) bond motifs is 1. The zero-order valence-electron chi connectivity index (χ0n) is 15.8. The quantitative estimate of drug-likeness (QED) is 0.328. The van der Waals surface area contributed by atoms with Gasteiger partial charge >= 0.3 is 0 Å². The first-order valence-electron chi connectivity index (χ1n) is 9.77. The van der Waals surface area contributed by atoms with Gasteiger partial charge in [-0.2, -0.15) is 0 Å². The van der Waals surface area contributed by atoms with Crippen molar-refractivity contribution in [2.75, 3.05) is 6.61 Å². The van der Waals surface area contributed by atoms with Crippen LogP contribution in [0.1, 0.15) is 64.4 Å². The maximum Gasteiger partial charge on any atom is 0.175 e. The fourth-order valence-electron chi connectivity index (χ4n) is 2.89. The van der Waals surface area contributed by atoms with Crippen LogP contribution >= 0.6 is 22.7 Å². The number of ether oxygens (including phenoxy) is 1. The molecule has 140 valence electrons. The van der Waals surface area contributed by atoms with Crippen LogP contribution in [0.5, 0.6) is 5.06 Å². The number of aromatic nitrogens is 2. The summed E-state index contributed by atoms with van der Waals surface area (Å²) < 4.78 is 8.43. The van der Waals surface area contributed by atoms with Gasteiger partial charge in [-0.3, -0.25) is 0 Å². The van der Waals surface area contributed by atoms with E-state index in [2.05, 4.69) is 35.9 Å². The monoisotopic (exact) mass is 388 g/mol. The van der Waals surface area contributed by atoms with Gasteiger partial charge in [-0.15, -0.1) is 11.3 Å². The lowest BCUT2D eigenvalue weighted by Gasteiger charge is -2.02. The summed E-state index contributed by atoms with van der Waals surface area (Å²) in [4.78, 5) is 10.3. The minimum Gasteiger partial charge on any atom is -0.484 e. The van der Waals surface area contributed by atoms with E-state index in [0.29, 0.717) is 0 Å². The van der Waals surface area contributed by atoms with Crippen LogP contribution in [0.2, 0.25) is 0 Å². The lowest BCUT2D eigenvalue weighted by Crippen LogP contribution is -1.95. The van der Waals surface area contributed by atoms with E-state index in [1.165, 1.54) is 53.5 Å². The van der Waals surface area contributed by atoms with E-state index in [1.54, 1.807) is 22.7 Å². The Kier molecular flexibility index (Phi) is 7.44. The molecule has 0 spiro atoms. The summed E-state index contributed by atoms with van der Waals surface area (Å²) in [6.45, 7) is 5.28. The fraction of sp³-hybridized carbons (Fsp3) is 0.524. The summed E-state index contributed by atoms with van der Waals surface area (Å²) in [6.07, 6.45) is 13.7. The van der Waals surface area contributed by atoms with Gasteiger partial charge in [-0.05, 0) is 30.9 Å². The first kappa shape index (κ1) is 19.3. The van der Waals surface area contributed by atoms with Crippen LogP contribution < -0.4 is 4.74 Å². The van der Waals surface area contributed by atoms with E-state index >= 15 is 0 Å². The van der Waals surface area contributed by atoms with Crippen LogP contribution in [0.25, 0.3) is 20.1 Å². The molecule has 3 nitrogen and oxygen atoms in total. The van der Waals surface area contributed by atoms with Gasteiger partial charge in [-0.25, -0.2) is 9.97 Å². The van der Waals surface area contributed by atoms with Gasteiger partial charge in [0.1, 0.15) is 0 Å². The molecule has 0 saturated carbocycles. The van der Waals surface area contributed by atoms with Gasteiger partial charge in [0.15, 0.2) is 10.9 Å². The van der Waals surface area contributed by atoms with Gasteiger partial charge < -0.3 is 4.74 Å². The maximum atomic E-state index is 5.90. The molecule has 0 aliphatic heterocycles. The molecule has 0 saturated heterocycles. The lowest BCUT2D eigenvalue weighted by atomic mass is 10.1. The van der Waals surface area contributed by atoms with Crippen molar-refractivity contribution in [1.29, 1.82) is 0 Å². The molecule has 5 heteroatoms. The van der Waals surface area contributed by atoms with Gasteiger partial charge in [-0.1, -0.05) is 57.3 Å². The second-order valence-electron chi connectivity index (χ2n) is 6.69. The molecule has 0 aliphatic rings. The Morgan fingerprint density at radius 2 is 1.58 bits per heavy atom. The highest BCUT2D eigenvalue weighted by atomic mass is 32.1. The SMILES string of the molecule is CCCCCCOc1cc2sc(-c3ncc(CCCCC)cn3)cc2s1. The van der Waals surface area contributed by atoms with E-state index in [0.717, 1.165) is 35.2 Å². The van der Waals surface area contributed by atoms with Crippen LogP contribution in [0.4, 0.5) is 0 Å². The Morgan fingerprint density at radius 3 is 2.31 bits per heavy atom. The zero-order valence-corrected chi connectivity index (χ0v) is 17.4. The van der Waals surface area contributed by atoms with Gasteiger partial charge in [0, 0.05) is 27.9 Å². The van der Waals surface area contributed by atoms with Crippen molar-refractivity contribution in [2.24, 2.45) is 0 Å². The van der Waals surface area contributed by atoms with Crippen molar-refractivity contribution >= 4 is 32.1 Å². The van der Waals surface area contributed by atoms with Crippen LogP contribution in [-0.2, 0) is 6.42 Å². The van der Waals surface area contributed by atoms with Gasteiger partial charge in [0.05, 0.1) is 11.5 Å². The minimum atomic E-state index is 0.823. The Bertz CT molecular complexity index is 761. The van der Waals surface area contributed by atoms with Crippen molar-refractivity contribution in [2.45, 2.75) is 65.2 Å². The van der Waals surface area contributed by atoms with Crippen molar-refractivity contribution < 1.29 is 4.74 Å². The van der Waals surface area contributed by atoms with Gasteiger partial charge in [0.25, 0.3) is 0 Å². The molecule has 3 aromatic rings. The third-order valence-corrected chi connectivity index (χ3v) is 6.62. The summed E-state index contributed by atoms with van der Waals surface area (Å²) in [7, 11) is 0. The highest BCUT2D eigenvalue weighted by Gasteiger charge is 2.11. The average molecular weight is 389 g/mol. The lowest BCUT2D eigenvalue weighted by molar-refractivity contribution is 0.314. The van der Waals surface area contributed by atoms with Gasteiger partial charge in [0.2, 0.25) is 0 Å². The highest BCUT2D eigenvalue weighted by molar-refractivity contribution is 7.30. The smallest absolute Gasteiger partial charge is 0.175 e. The Labute approximate surface area is 164 Å². The molecule has 0 aliphatic carbocycles. The zero-order chi connectivity index (χ0) is 18.2. The molecule has 0 N–H and O–H groups in total. The number of aryl methyl sites for hydroxylation is 1. The van der Waals surface area contributed by atoms with Crippen LogP contribution in [0.15, 0.2) is 24.5 Å². The highest BCUT2D eigenvalue weighted by Crippen LogP contribution is 2.40. The van der Waals surface area contributed by atoms with E-state index in [-0.39, 0.29) is 0 Å². The molecule has 0 radical (unpaired) electrons. The summed E-state index contributed by atoms with van der Waals surface area (Å²) in [6, 6.07) is 4.35. The molecule has 0 unspecified atom stereocenters. The standard InChI is InChI=1S/C21H28N2OS2/c1-3-5-7-9-11-24-20-13-18-17(26-20)12-19(25-18)21-22-14-16(15-23-21)10-8-6-4-2/h12-15H,3-11H2,1-2H3. The minimum absolute atomic E-state index is 0.823. The predicted octanol–water partition coefficient (Wildman–Crippen LogP) is 7.11.